The summed E-state index contributed by atoms with van der Waals surface area (Å²) in [6.07, 6.45) is 0. The van der Waals surface area contributed by atoms with Crippen LogP contribution in [0, 0.1) is 11.3 Å². The number of carbonyl (C=O) groups is 1. The largest absolute Gasteiger partial charge is 0.464 e. The number of carbonyl (C=O) groups excluding carboxylic acids is 1. The Hall–Kier alpha value is -1.73. The van der Waals surface area contributed by atoms with Gasteiger partial charge in [-0.1, -0.05) is 11.6 Å². The normalized spacial score (nSPS) is 11.4. The number of hydrogen-bond acceptors (Lipinski definition) is 4. The molecule has 5 heteroatoms. The van der Waals surface area contributed by atoms with Crippen LogP contribution in [-0.4, -0.2) is 18.6 Å². The van der Waals surface area contributed by atoms with Gasteiger partial charge in [0.15, 0.2) is 0 Å². The molecule has 0 aliphatic carbocycles. The van der Waals surface area contributed by atoms with E-state index < -0.39 is 6.04 Å². The van der Waals surface area contributed by atoms with Crippen molar-refractivity contribution in [1.29, 1.82) is 5.26 Å². The van der Waals surface area contributed by atoms with Crippen molar-refractivity contribution in [2.24, 2.45) is 0 Å². The van der Waals surface area contributed by atoms with Crippen LogP contribution in [0.2, 0.25) is 5.02 Å². The van der Waals surface area contributed by atoms with Gasteiger partial charge in [-0.2, -0.15) is 5.26 Å². The minimum absolute atomic E-state index is 0.325. The molecule has 0 heterocycles. The molecule has 1 rings (SSSR count). The van der Waals surface area contributed by atoms with Crippen LogP contribution in [0.3, 0.4) is 0 Å². The smallest absolute Gasteiger partial charge is 0.328 e. The fourth-order valence-corrected chi connectivity index (χ4v) is 1.46. The van der Waals surface area contributed by atoms with Crippen molar-refractivity contribution < 1.29 is 9.53 Å². The highest BCUT2D eigenvalue weighted by atomic mass is 35.5. The molecule has 0 aromatic heterocycles. The van der Waals surface area contributed by atoms with Crippen LogP contribution in [0.5, 0.6) is 0 Å². The van der Waals surface area contributed by atoms with E-state index in [9.17, 15) is 4.79 Å². The maximum Gasteiger partial charge on any atom is 0.328 e. The number of esters is 1. The zero-order chi connectivity index (χ0) is 12.8. The van der Waals surface area contributed by atoms with E-state index in [1.165, 1.54) is 0 Å². The quantitative estimate of drug-likeness (QED) is 0.837. The Labute approximate surface area is 105 Å². The summed E-state index contributed by atoms with van der Waals surface area (Å²) >= 11 is 5.83. The molecule has 1 aromatic rings. The molecule has 1 unspecified atom stereocenters. The van der Waals surface area contributed by atoms with Crippen LogP contribution in [0.25, 0.3) is 0 Å². The standard InChI is InChI=1S/C12H13ClN2O2/c1-3-17-12(16)8(2)15-11-6-10(13)5-4-9(11)7-14/h4-6,8,15H,3H2,1-2H3. The molecular weight excluding hydrogens is 240 g/mol. The lowest BCUT2D eigenvalue weighted by molar-refractivity contribution is -0.143. The number of nitrogens with one attached hydrogen (secondary N) is 1. The van der Waals surface area contributed by atoms with E-state index in [2.05, 4.69) is 5.32 Å². The maximum absolute atomic E-state index is 11.4. The second-order valence-corrected chi connectivity index (χ2v) is 3.86. The van der Waals surface area contributed by atoms with Gasteiger partial charge in [0.2, 0.25) is 0 Å². The number of benzene rings is 1. The first-order valence-corrected chi connectivity index (χ1v) is 5.59. The summed E-state index contributed by atoms with van der Waals surface area (Å²) < 4.78 is 4.86. The Bertz CT molecular complexity index is 454. The summed E-state index contributed by atoms with van der Waals surface area (Å²) in [5.41, 5.74) is 0.964. The number of halogens is 1. The average molecular weight is 253 g/mol. The highest BCUT2D eigenvalue weighted by Crippen LogP contribution is 2.21. The van der Waals surface area contributed by atoms with E-state index in [0.29, 0.717) is 22.9 Å². The third kappa shape index (κ3) is 3.65. The van der Waals surface area contributed by atoms with Gasteiger partial charge in [0, 0.05) is 5.02 Å². The van der Waals surface area contributed by atoms with Gasteiger partial charge in [-0.15, -0.1) is 0 Å². The lowest BCUT2D eigenvalue weighted by Gasteiger charge is -2.14. The molecule has 0 aliphatic heterocycles. The number of anilines is 1. The van der Waals surface area contributed by atoms with Crippen LogP contribution in [0.1, 0.15) is 19.4 Å². The monoisotopic (exact) mass is 252 g/mol. The van der Waals surface area contributed by atoms with Crippen LogP contribution >= 0.6 is 11.6 Å². The SMILES string of the molecule is CCOC(=O)C(C)Nc1cc(Cl)ccc1C#N. The molecule has 17 heavy (non-hydrogen) atoms. The molecule has 1 atom stereocenters. The zero-order valence-corrected chi connectivity index (χ0v) is 10.4. The maximum atomic E-state index is 11.4. The van der Waals surface area contributed by atoms with Crippen molar-refractivity contribution >= 4 is 23.3 Å². The number of hydrogen-bond donors (Lipinski definition) is 1. The molecule has 0 fully saturated rings. The van der Waals surface area contributed by atoms with Gasteiger partial charge in [-0.3, -0.25) is 0 Å². The molecular formula is C12H13ClN2O2. The lowest BCUT2D eigenvalue weighted by Crippen LogP contribution is -2.28. The van der Waals surface area contributed by atoms with Gasteiger partial charge < -0.3 is 10.1 Å². The number of rotatable bonds is 4. The molecule has 1 aromatic carbocycles. The predicted molar refractivity (Wildman–Crippen MR) is 65.9 cm³/mol. The Morgan fingerprint density at radius 2 is 2.35 bits per heavy atom. The van der Waals surface area contributed by atoms with Gasteiger partial charge in [-0.25, -0.2) is 4.79 Å². The summed E-state index contributed by atoms with van der Waals surface area (Å²) in [6.45, 7) is 3.73. The Kier molecular flexibility index (Phi) is 4.80. The zero-order valence-electron chi connectivity index (χ0n) is 9.66. The molecule has 1 N–H and O–H groups in total. The molecule has 0 saturated heterocycles. The first kappa shape index (κ1) is 13.3. The summed E-state index contributed by atoms with van der Waals surface area (Å²) in [4.78, 5) is 11.4. The first-order valence-electron chi connectivity index (χ1n) is 5.21. The van der Waals surface area contributed by atoms with Crippen molar-refractivity contribution in [2.45, 2.75) is 19.9 Å². The minimum atomic E-state index is -0.527. The second-order valence-electron chi connectivity index (χ2n) is 3.42. The van der Waals surface area contributed by atoms with Crippen molar-refractivity contribution in [2.75, 3.05) is 11.9 Å². The van der Waals surface area contributed by atoms with E-state index in [-0.39, 0.29) is 5.97 Å². The van der Waals surface area contributed by atoms with Crippen molar-refractivity contribution in [3.63, 3.8) is 0 Å². The van der Waals surface area contributed by atoms with Crippen LogP contribution in [0.4, 0.5) is 5.69 Å². The summed E-state index contributed by atoms with van der Waals surface area (Å²) in [5, 5.41) is 12.3. The van der Waals surface area contributed by atoms with Gasteiger partial charge >= 0.3 is 5.97 Å². The van der Waals surface area contributed by atoms with E-state index >= 15 is 0 Å². The van der Waals surface area contributed by atoms with E-state index in [1.54, 1.807) is 32.0 Å². The molecule has 0 amide bonds. The van der Waals surface area contributed by atoms with Crippen LogP contribution in [-0.2, 0) is 9.53 Å². The molecule has 0 saturated carbocycles. The first-order chi connectivity index (χ1) is 8.08. The molecule has 0 spiro atoms. The second kappa shape index (κ2) is 6.12. The summed E-state index contributed by atoms with van der Waals surface area (Å²) in [7, 11) is 0. The number of nitrogens with zero attached hydrogens (tertiary/aromatic N) is 1. The van der Waals surface area contributed by atoms with Crippen molar-refractivity contribution in [3.8, 4) is 6.07 Å². The number of ether oxygens (including phenoxy) is 1. The Balaban J connectivity index is 2.84. The molecule has 4 nitrogen and oxygen atoms in total. The molecule has 0 bridgehead atoms. The third-order valence-electron chi connectivity index (χ3n) is 2.11. The molecule has 0 radical (unpaired) electrons. The predicted octanol–water partition coefficient (Wildman–Crippen LogP) is 2.58. The minimum Gasteiger partial charge on any atom is -0.464 e. The molecule has 90 valence electrons. The fourth-order valence-electron chi connectivity index (χ4n) is 1.29. The van der Waals surface area contributed by atoms with Crippen LogP contribution < -0.4 is 5.32 Å². The lowest BCUT2D eigenvalue weighted by atomic mass is 10.2. The number of nitriles is 1. The Morgan fingerprint density at radius 1 is 1.65 bits per heavy atom. The van der Waals surface area contributed by atoms with E-state index in [1.807, 2.05) is 6.07 Å². The third-order valence-corrected chi connectivity index (χ3v) is 2.35. The van der Waals surface area contributed by atoms with E-state index in [0.717, 1.165) is 0 Å². The Morgan fingerprint density at radius 3 is 2.94 bits per heavy atom. The van der Waals surface area contributed by atoms with E-state index in [4.69, 9.17) is 21.6 Å². The van der Waals surface area contributed by atoms with Crippen LogP contribution in [0.15, 0.2) is 18.2 Å². The van der Waals surface area contributed by atoms with Crippen molar-refractivity contribution in [3.05, 3.63) is 28.8 Å². The highest BCUT2D eigenvalue weighted by molar-refractivity contribution is 6.30. The van der Waals surface area contributed by atoms with Gasteiger partial charge in [0.1, 0.15) is 12.1 Å². The molecule has 0 aliphatic rings. The summed E-state index contributed by atoms with van der Waals surface area (Å²) in [5.74, 6) is -0.364. The average Bonchev–Trinajstić information content (AvgIpc) is 2.29. The fraction of sp³-hybridized carbons (Fsp3) is 0.333. The van der Waals surface area contributed by atoms with Gasteiger partial charge in [-0.05, 0) is 32.0 Å². The topological polar surface area (TPSA) is 62.1 Å². The highest BCUT2D eigenvalue weighted by Gasteiger charge is 2.15. The van der Waals surface area contributed by atoms with Crippen molar-refractivity contribution in [1.82, 2.24) is 0 Å². The van der Waals surface area contributed by atoms with Gasteiger partial charge in [0.05, 0.1) is 17.9 Å². The summed E-state index contributed by atoms with van der Waals surface area (Å²) in [6, 6.07) is 6.33. The van der Waals surface area contributed by atoms with Gasteiger partial charge in [0.25, 0.3) is 0 Å².